The quantitative estimate of drug-likeness (QED) is 0.273. The second kappa shape index (κ2) is 12.8. The van der Waals surface area contributed by atoms with Crippen LogP contribution in [0.1, 0.15) is 75.3 Å². The predicted octanol–water partition coefficient (Wildman–Crippen LogP) is 8.80. The summed E-state index contributed by atoms with van der Waals surface area (Å²) < 4.78 is 41.1. The Labute approximate surface area is 218 Å². The molecule has 6 heteroatoms. The van der Waals surface area contributed by atoms with E-state index in [2.05, 4.69) is 12.1 Å². The molecule has 36 heavy (non-hydrogen) atoms. The molecule has 2 aromatic rings. The van der Waals surface area contributed by atoms with Gasteiger partial charge >= 0.3 is 0 Å². The van der Waals surface area contributed by atoms with Gasteiger partial charge in [0.1, 0.15) is 11.5 Å². The van der Waals surface area contributed by atoms with Gasteiger partial charge in [0.15, 0.2) is 0 Å². The van der Waals surface area contributed by atoms with Crippen LogP contribution in [0.3, 0.4) is 0 Å². The molecule has 0 aliphatic heterocycles. The van der Waals surface area contributed by atoms with Crippen LogP contribution in [0.4, 0.5) is 0 Å². The fourth-order valence-corrected chi connectivity index (χ4v) is 15.0. The van der Waals surface area contributed by atoms with Gasteiger partial charge in [0, 0.05) is 47.1 Å². The van der Waals surface area contributed by atoms with E-state index in [-0.39, 0.29) is 11.3 Å². The smallest absolute Gasteiger partial charge is 0.122 e. The largest absolute Gasteiger partial charge is 0.496 e. The Kier molecular flexibility index (Phi) is 9.82. The molecule has 0 heterocycles. The van der Waals surface area contributed by atoms with Crippen molar-refractivity contribution in [2.75, 3.05) is 26.5 Å². The van der Waals surface area contributed by atoms with Crippen LogP contribution < -0.4 is 9.47 Å². The summed E-state index contributed by atoms with van der Waals surface area (Å²) in [6.45, 7) is 0. The van der Waals surface area contributed by atoms with Gasteiger partial charge in [0.05, 0.1) is 28.5 Å². The monoisotopic (exact) mass is 530 g/mol. The third kappa shape index (κ3) is 6.68. The third-order valence-corrected chi connectivity index (χ3v) is 16.4. The number of rotatable bonds is 11. The average molecular weight is 531 g/mol. The van der Waals surface area contributed by atoms with Gasteiger partial charge in [-0.15, -0.1) is 0 Å². The minimum absolute atomic E-state index is 0.238. The normalized spacial score (nSPS) is 20.8. The Hall–Kier alpha value is -1.50. The maximum absolute atomic E-state index is 14.9. The number of methoxy groups -OCH3 is 2. The molecule has 0 bridgehead atoms. The first-order valence-electron chi connectivity index (χ1n) is 13.9. The van der Waals surface area contributed by atoms with Crippen molar-refractivity contribution in [1.82, 2.24) is 0 Å². The Bertz CT molecular complexity index is 985. The van der Waals surface area contributed by atoms with E-state index in [1.54, 1.807) is 14.2 Å². The molecule has 0 radical (unpaired) electrons. The lowest BCUT2D eigenvalue weighted by molar-refractivity contribution is 0.410. The Morgan fingerprint density at radius 3 is 1.33 bits per heavy atom. The number of hydrogen-bond acceptors (Lipinski definition) is 4. The van der Waals surface area contributed by atoms with Crippen molar-refractivity contribution >= 4 is 14.3 Å². The highest BCUT2D eigenvalue weighted by Crippen LogP contribution is 2.65. The molecule has 2 aliphatic carbocycles. The molecule has 2 fully saturated rings. The molecule has 2 unspecified atom stereocenters. The van der Waals surface area contributed by atoms with Crippen LogP contribution in [0.2, 0.25) is 0 Å². The van der Waals surface area contributed by atoms with Crippen molar-refractivity contribution in [3.05, 3.63) is 59.7 Å². The summed E-state index contributed by atoms with van der Waals surface area (Å²) in [6, 6.07) is 16.0. The molecule has 0 saturated heterocycles. The highest BCUT2D eigenvalue weighted by Gasteiger charge is 2.40. The van der Waals surface area contributed by atoms with E-state index < -0.39 is 14.3 Å². The molecule has 0 spiro atoms. The van der Waals surface area contributed by atoms with Crippen LogP contribution in [0.15, 0.2) is 48.5 Å². The summed E-state index contributed by atoms with van der Waals surface area (Å²) in [4.78, 5) is 0. The zero-order valence-corrected chi connectivity index (χ0v) is 24.0. The van der Waals surface area contributed by atoms with E-state index in [1.807, 2.05) is 36.4 Å². The van der Waals surface area contributed by atoms with Gasteiger partial charge in [-0.05, 0) is 37.8 Å². The van der Waals surface area contributed by atoms with Crippen molar-refractivity contribution in [1.29, 1.82) is 0 Å². The summed E-state index contributed by atoms with van der Waals surface area (Å²) in [5, 5.41) is 0. The van der Waals surface area contributed by atoms with Crippen LogP contribution in [0, 0.1) is 0 Å². The van der Waals surface area contributed by atoms with E-state index in [0.29, 0.717) is 24.6 Å². The summed E-state index contributed by atoms with van der Waals surface area (Å²) in [7, 11) is -1.84. The summed E-state index contributed by atoms with van der Waals surface area (Å²) >= 11 is 0. The molecule has 4 nitrogen and oxygen atoms in total. The molecule has 2 saturated carbocycles. The van der Waals surface area contributed by atoms with Gasteiger partial charge in [0.2, 0.25) is 0 Å². The summed E-state index contributed by atoms with van der Waals surface area (Å²) in [5.74, 6) is 1.64. The molecule has 0 amide bonds. The van der Waals surface area contributed by atoms with Crippen molar-refractivity contribution in [2.24, 2.45) is 0 Å². The van der Waals surface area contributed by atoms with E-state index in [0.717, 1.165) is 74.0 Å². The van der Waals surface area contributed by atoms with Crippen molar-refractivity contribution in [3.63, 3.8) is 0 Å². The Balaban J connectivity index is 1.63. The zero-order valence-electron chi connectivity index (χ0n) is 22.2. The highest BCUT2D eigenvalue weighted by molar-refractivity contribution is 7.67. The lowest BCUT2D eigenvalue weighted by atomic mass is 10.0. The van der Waals surface area contributed by atoms with Crippen LogP contribution in [0.5, 0.6) is 11.5 Å². The van der Waals surface area contributed by atoms with Gasteiger partial charge in [0.25, 0.3) is 0 Å². The van der Waals surface area contributed by atoms with Crippen LogP contribution in [0.25, 0.3) is 0 Å². The van der Waals surface area contributed by atoms with E-state index in [1.165, 1.54) is 12.8 Å². The Morgan fingerprint density at radius 1 is 0.611 bits per heavy atom. The third-order valence-electron chi connectivity index (χ3n) is 8.60. The van der Waals surface area contributed by atoms with Crippen molar-refractivity contribution in [3.8, 4) is 11.5 Å². The van der Waals surface area contributed by atoms with Gasteiger partial charge in [-0.1, -0.05) is 74.9 Å². The number of benzene rings is 2. The van der Waals surface area contributed by atoms with E-state index >= 15 is 0 Å². The molecule has 0 aromatic heterocycles. The van der Waals surface area contributed by atoms with Crippen molar-refractivity contribution in [2.45, 2.75) is 87.9 Å². The maximum Gasteiger partial charge on any atom is 0.122 e. The molecule has 2 atom stereocenters. The van der Waals surface area contributed by atoms with Gasteiger partial charge in [-0.25, -0.2) is 0 Å². The number of para-hydroxylation sites is 2. The van der Waals surface area contributed by atoms with Crippen LogP contribution in [-0.2, 0) is 21.5 Å². The SMILES string of the molecule is COc1ccccc1CP(=O)(CCP(=O)(Cc1ccccc1OC)C1CCCCC1)C1CCCCC1. The number of hydrogen-bond donors (Lipinski definition) is 0. The first kappa shape index (κ1) is 27.5. The molecule has 4 rings (SSSR count). The van der Waals surface area contributed by atoms with Gasteiger partial charge < -0.3 is 18.6 Å². The van der Waals surface area contributed by atoms with Crippen molar-refractivity contribution < 1.29 is 18.6 Å². The predicted molar refractivity (Wildman–Crippen MR) is 152 cm³/mol. The van der Waals surface area contributed by atoms with Crippen LogP contribution >= 0.6 is 14.3 Å². The first-order valence-corrected chi connectivity index (χ1v) is 18.2. The molecular formula is C30H44O4P2. The zero-order chi connectivity index (χ0) is 25.4. The minimum atomic E-state index is -2.61. The van der Waals surface area contributed by atoms with E-state index in [9.17, 15) is 9.13 Å². The lowest BCUT2D eigenvalue weighted by Crippen LogP contribution is -2.21. The second-order valence-corrected chi connectivity index (χ2v) is 17.7. The fraction of sp³-hybridized carbons (Fsp3) is 0.600. The highest BCUT2D eigenvalue weighted by atomic mass is 31.2. The molecule has 2 aliphatic rings. The standard InChI is InChI=1S/C30H44O4P2/c1-33-29-19-11-9-13-25(29)23-35(31,27-15-5-3-6-16-27)21-22-36(32,28-17-7-4-8-18-28)24-26-14-10-12-20-30(26)34-2/h9-14,19-20,27-28H,3-8,15-18,21-24H2,1-2H3. The topological polar surface area (TPSA) is 52.6 Å². The second-order valence-electron chi connectivity index (χ2n) is 10.9. The minimum Gasteiger partial charge on any atom is -0.496 e. The lowest BCUT2D eigenvalue weighted by Gasteiger charge is -2.35. The molecule has 0 N–H and O–H groups in total. The molecule has 198 valence electrons. The summed E-state index contributed by atoms with van der Waals surface area (Å²) in [6.07, 6.45) is 13.5. The Morgan fingerprint density at radius 2 is 0.972 bits per heavy atom. The van der Waals surface area contributed by atoms with E-state index in [4.69, 9.17) is 9.47 Å². The van der Waals surface area contributed by atoms with Gasteiger partial charge in [-0.3, -0.25) is 0 Å². The average Bonchev–Trinajstić information content (AvgIpc) is 2.93. The van der Waals surface area contributed by atoms with Crippen LogP contribution in [-0.4, -0.2) is 37.9 Å². The first-order chi connectivity index (χ1) is 17.5. The van der Waals surface area contributed by atoms with Gasteiger partial charge in [-0.2, -0.15) is 0 Å². The molecule has 2 aromatic carbocycles. The summed E-state index contributed by atoms with van der Waals surface area (Å²) in [5.41, 5.74) is 2.54. The molecular weight excluding hydrogens is 486 g/mol. The number of ether oxygens (including phenoxy) is 2. The maximum atomic E-state index is 14.9. The fourth-order valence-electron chi connectivity index (χ4n) is 6.47.